The molecule has 1 rings (SSSR count). The van der Waals surface area contributed by atoms with Crippen LogP contribution in [0, 0.1) is 0 Å². The average Bonchev–Trinajstić information content (AvgIpc) is 2.27. The molecule has 0 spiro atoms. The molecule has 0 fully saturated rings. The molecule has 0 aromatic heterocycles. The van der Waals surface area contributed by atoms with Crippen LogP contribution in [0.2, 0.25) is 0 Å². The van der Waals surface area contributed by atoms with Gasteiger partial charge in [-0.1, -0.05) is 67.6 Å². The van der Waals surface area contributed by atoms with Gasteiger partial charge in [0.15, 0.2) is 0 Å². The fourth-order valence-electron chi connectivity index (χ4n) is 1.54. The van der Waals surface area contributed by atoms with Crippen molar-refractivity contribution < 1.29 is 0 Å². The van der Waals surface area contributed by atoms with E-state index in [9.17, 15) is 0 Å². The summed E-state index contributed by atoms with van der Waals surface area (Å²) < 4.78 is 0. The summed E-state index contributed by atoms with van der Waals surface area (Å²) in [6.45, 7) is 8.06. The van der Waals surface area contributed by atoms with Gasteiger partial charge in [0.05, 0.1) is 0 Å². The van der Waals surface area contributed by atoms with Gasteiger partial charge in [0.25, 0.3) is 0 Å². The zero-order chi connectivity index (χ0) is 11.8. The standard InChI is InChI=1S/C16H20/c1-4-8-15(12-11-14(2)3)13-16-9-6-5-7-10-16/h5-12H,2,4,13H2,1,3H3/b12-11-,15-8+. The first-order valence-corrected chi connectivity index (χ1v) is 5.79. The third-order valence-electron chi connectivity index (χ3n) is 2.30. The summed E-state index contributed by atoms with van der Waals surface area (Å²) in [7, 11) is 0. The second-order valence-corrected chi connectivity index (χ2v) is 4.03. The van der Waals surface area contributed by atoms with Gasteiger partial charge in [-0.3, -0.25) is 0 Å². The van der Waals surface area contributed by atoms with Gasteiger partial charge < -0.3 is 0 Å². The van der Waals surface area contributed by atoms with Crippen LogP contribution in [0.3, 0.4) is 0 Å². The Kier molecular flexibility index (Phi) is 5.35. The van der Waals surface area contributed by atoms with Crippen molar-refractivity contribution in [3.05, 3.63) is 71.8 Å². The molecule has 0 atom stereocenters. The summed E-state index contributed by atoms with van der Waals surface area (Å²) in [5.41, 5.74) is 3.81. The lowest BCUT2D eigenvalue weighted by molar-refractivity contribution is 1.13. The summed E-state index contributed by atoms with van der Waals surface area (Å²) in [4.78, 5) is 0. The minimum Gasteiger partial charge on any atom is -0.0961 e. The van der Waals surface area contributed by atoms with Crippen LogP contribution < -0.4 is 0 Å². The minimum absolute atomic E-state index is 0.998. The van der Waals surface area contributed by atoms with Crippen molar-refractivity contribution in [2.45, 2.75) is 26.7 Å². The predicted molar refractivity (Wildman–Crippen MR) is 72.5 cm³/mol. The van der Waals surface area contributed by atoms with E-state index in [0.29, 0.717) is 0 Å². The predicted octanol–water partition coefficient (Wildman–Crippen LogP) is 4.70. The van der Waals surface area contributed by atoms with Crippen LogP contribution in [-0.4, -0.2) is 0 Å². The smallest absolute Gasteiger partial charge is 0.00289 e. The van der Waals surface area contributed by atoms with E-state index in [2.05, 4.69) is 62.1 Å². The normalized spacial score (nSPS) is 12.0. The fourth-order valence-corrected chi connectivity index (χ4v) is 1.54. The SMILES string of the molecule is C=C(C)/C=C\C(=C/CC)Cc1ccccc1. The molecule has 84 valence electrons. The quantitative estimate of drug-likeness (QED) is 0.621. The number of allylic oxidation sites excluding steroid dienone is 5. The Bertz CT molecular complexity index is 380. The molecule has 0 unspecified atom stereocenters. The fraction of sp³-hybridized carbons (Fsp3) is 0.250. The van der Waals surface area contributed by atoms with Crippen molar-refractivity contribution in [3.63, 3.8) is 0 Å². The maximum absolute atomic E-state index is 3.88. The van der Waals surface area contributed by atoms with E-state index in [4.69, 9.17) is 0 Å². The minimum atomic E-state index is 0.998. The van der Waals surface area contributed by atoms with Crippen molar-refractivity contribution in [3.8, 4) is 0 Å². The Morgan fingerprint density at radius 3 is 2.44 bits per heavy atom. The molecule has 0 heteroatoms. The Morgan fingerprint density at radius 1 is 1.19 bits per heavy atom. The summed E-state index contributed by atoms with van der Waals surface area (Å²) in [6.07, 6.45) is 8.58. The molecule has 1 aromatic rings. The highest BCUT2D eigenvalue weighted by atomic mass is 14.0. The molecular formula is C16H20. The first-order valence-electron chi connectivity index (χ1n) is 5.79. The largest absolute Gasteiger partial charge is 0.0961 e. The van der Waals surface area contributed by atoms with Gasteiger partial charge in [0.1, 0.15) is 0 Å². The van der Waals surface area contributed by atoms with Gasteiger partial charge in [-0.15, -0.1) is 0 Å². The Hall–Kier alpha value is -1.56. The van der Waals surface area contributed by atoms with Crippen molar-refractivity contribution in [1.29, 1.82) is 0 Å². The lowest BCUT2D eigenvalue weighted by atomic mass is 10.0. The van der Waals surface area contributed by atoms with Crippen LogP contribution in [0.25, 0.3) is 0 Å². The summed E-state index contributed by atoms with van der Waals surface area (Å²) in [5, 5.41) is 0. The van der Waals surface area contributed by atoms with Gasteiger partial charge in [-0.25, -0.2) is 0 Å². The summed E-state index contributed by atoms with van der Waals surface area (Å²) >= 11 is 0. The van der Waals surface area contributed by atoms with Gasteiger partial charge in [-0.2, -0.15) is 0 Å². The Morgan fingerprint density at radius 2 is 1.88 bits per heavy atom. The van der Waals surface area contributed by atoms with E-state index < -0.39 is 0 Å². The van der Waals surface area contributed by atoms with Crippen LogP contribution in [0.15, 0.2) is 66.3 Å². The van der Waals surface area contributed by atoms with E-state index in [-0.39, 0.29) is 0 Å². The second kappa shape index (κ2) is 6.84. The second-order valence-electron chi connectivity index (χ2n) is 4.03. The average molecular weight is 212 g/mol. The molecule has 0 radical (unpaired) electrons. The van der Waals surface area contributed by atoms with E-state index in [1.54, 1.807) is 0 Å². The van der Waals surface area contributed by atoms with Crippen LogP contribution in [-0.2, 0) is 6.42 Å². The molecule has 0 amide bonds. The van der Waals surface area contributed by atoms with Crippen LogP contribution in [0.5, 0.6) is 0 Å². The molecule has 16 heavy (non-hydrogen) atoms. The third kappa shape index (κ3) is 4.79. The van der Waals surface area contributed by atoms with Gasteiger partial charge in [-0.05, 0) is 30.9 Å². The zero-order valence-electron chi connectivity index (χ0n) is 10.2. The van der Waals surface area contributed by atoms with E-state index in [1.165, 1.54) is 11.1 Å². The van der Waals surface area contributed by atoms with Crippen LogP contribution in [0.1, 0.15) is 25.8 Å². The molecule has 0 saturated carbocycles. The summed E-state index contributed by atoms with van der Waals surface area (Å²) in [5.74, 6) is 0. The molecular weight excluding hydrogens is 192 g/mol. The molecule has 1 aromatic carbocycles. The highest BCUT2D eigenvalue weighted by Crippen LogP contribution is 2.11. The maximum Gasteiger partial charge on any atom is -0.00289 e. The molecule has 0 aliphatic carbocycles. The highest BCUT2D eigenvalue weighted by Gasteiger charge is 1.95. The van der Waals surface area contributed by atoms with Gasteiger partial charge in [0.2, 0.25) is 0 Å². The Balaban J connectivity index is 2.73. The monoisotopic (exact) mass is 212 g/mol. The van der Waals surface area contributed by atoms with Crippen LogP contribution in [0.4, 0.5) is 0 Å². The molecule has 0 heterocycles. The first kappa shape index (κ1) is 12.5. The van der Waals surface area contributed by atoms with Crippen molar-refractivity contribution in [1.82, 2.24) is 0 Å². The van der Waals surface area contributed by atoms with Crippen LogP contribution >= 0.6 is 0 Å². The molecule has 0 saturated heterocycles. The van der Waals surface area contributed by atoms with E-state index in [1.807, 2.05) is 6.92 Å². The first-order chi connectivity index (χ1) is 7.72. The molecule has 0 aliphatic rings. The molecule has 0 aliphatic heterocycles. The lowest BCUT2D eigenvalue weighted by Gasteiger charge is -2.02. The van der Waals surface area contributed by atoms with Crippen molar-refractivity contribution in [2.24, 2.45) is 0 Å². The van der Waals surface area contributed by atoms with E-state index >= 15 is 0 Å². The maximum atomic E-state index is 3.88. The van der Waals surface area contributed by atoms with Gasteiger partial charge in [0, 0.05) is 0 Å². The van der Waals surface area contributed by atoms with Crippen molar-refractivity contribution in [2.75, 3.05) is 0 Å². The summed E-state index contributed by atoms with van der Waals surface area (Å²) in [6, 6.07) is 10.6. The number of hydrogen-bond acceptors (Lipinski definition) is 0. The molecule has 0 nitrogen and oxygen atoms in total. The Labute approximate surface area is 99.0 Å². The number of benzene rings is 1. The molecule has 0 N–H and O–H groups in total. The highest BCUT2D eigenvalue weighted by molar-refractivity contribution is 5.31. The third-order valence-corrected chi connectivity index (χ3v) is 2.30. The van der Waals surface area contributed by atoms with Gasteiger partial charge >= 0.3 is 0 Å². The topological polar surface area (TPSA) is 0 Å². The van der Waals surface area contributed by atoms with Crippen molar-refractivity contribution >= 4 is 0 Å². The zero-order valence-corrected chi connectivity index (χ0v) is 10.2. The molecule has 0 bridgehead atoms. The number of hydrogen-bond donors (Lipinski definition) is 0. The number of rotatable bonds is 5. The van der Waals surface area contributed by atoms with E-state index in [0.717, 1.165) is 18.4 Å². The lowest BCUT2D eigenvalue weighted by Crippen LogP contribution is -1.87.